The van der Waals surface area contributed by atoms with Crippen LogP contribution in [-0.4, -0.2) is 9.97 Å². The van der Waals surface area contributed by atoms with Crippen LogP contribution in [0.5, 0.6) is 0 Å². The summed E-state index contributed by atoms with van der Waals surface area (Å²) in [5.41, 5.74) is 5.68. The standard InChI is InChI=1S/C13H11BrN4S/c14-9-3-6-19-13(9)12(18-15)8-1-2-10-11(7-8)17-5-4-16-10/h1-7,12,18H,15H2. The molecule has 0 amide bonds. The summed E-state index contributed by atoms with van der Waals surface area (Å²) in [6.07, 6.45) is 3.38. The molecule has 0 spiro atoms. The summed E-state index contributed by atoms with van der Waals surface area (Å²) >= 11 is 5.20. The maximum Gasteiger partial charge on any atom is 0.0890 e. The van der Waals surface area contributed by atoms with Crippen LogP contribution in [0.1, 0.15) is 16.5 Å². The lowest BCUT2D eigenvalue weighted by Crippen LogP contribution is -2.28. The molecule has 1 atom stereocenters. The first kappa shape index (κ1) is 12.7. The summed E-state index contributed by atoms with van der Waals surface area (Å²) < 4.78 is 1.06. The fourth-order valence-electron chi connectivity index (χ4n) is 1.99. The van der Waals surface area contributed by atoms with E-state index in [-0.39, 0.29) is 6.04 Å². The van der Waals surface area contributed by atoms with Gasteiger partial charge in [-0.2, -0.15) is 0 Å². The molecule has 1 aromatic carbocycles. The van der Waals surface area contributed by atoms with Gasteiger partial charge in [-0.25, -0.2) is 5.43 Å². The Morgan fingerprint density at radius 2 is 1.95 bits per heavy atom. The minimum Gasteiger partial charge on any atom is -0.271 e. The lowest BCUT2D eigenvalue weighted by molar-refractivity contribution is 0.645. The topological polar surface area (TPSA) is 63.8 Å². The predicted molar refractivity (Wildman–Crippen MR) is 80.7 cm³/mol. The summed E-state index contributed by atoms with van der Waals surface area (Å²) in [5, 5.41) is 2.03. The second-order valence-corrected chi connectivity index (χ2v) is 5.84. The van der Waals surface area contributed by atoms with E-state index in [0.29, 0.717) is 0 Å². The van der Waals surface area contributed by atoms with Gasteiger partial charge in [-0.3, -0.25) is 15.8 Å². The summed E-state index contributed by atoms with van der Waals surface area (Å²) in [4.78, 5) is 9.73. The van der Waals surface area contributed by atoms with Crippen molar-refractivity contribution in [2.24, 2.45) is 5.84 Å². The van der Waals surface area contributed by atoms with Crippen LogP contribution in [-0.2, 0) is 0 Å². The smallest absolute Gasteiger partial charge is 0.0890 e. The number of rotatable bonds is 3. The quantitative estimate of drug-likeness (QED) is 0.570. The number of nitrogens with one attached hydrogen (secondary N) is 1. The van der Waals surface area contributed by atoms with Crippen molar-refractivity contribution in [3.05, 3.63) is 57.0 Å². The Hall–Kier alpha value is -1.34. The molecule has 0 saturated heterocycles. The average Bonchev–Trinajstić information content (AvgIpc) is 2.86. The van der Waals surface area contributed by atoms with Crippen LogP contribution in [0.4, 0.5) is 0 Å². The third kappa shape index (κ3) is 2.40. The number of fused-ring (bicyclic) bond motifs is 1. The summed E-state index contributed by atoms with van der Waals surface area (Å²) in [5.74, 6) is 5.71. The number of benzene rings is 1. The van der Waals surface area contributed by atoms with E-state index in [1.165, 1.54) is 0 Å². The van der Waals surface area contributed by atoms with Gasteiger partial charge < -0.3 is 0 Å². The van der Waals surface area contributed by atoms with Crippen LogP contribution in [0, 0.1) is 0 Å². The van der Waals surface area contributed by atoms with Crippen LogP contribution in [0.15, 0.2) is 46.5 Å². The van der Waals surface area contributed by atoms with E-state index in [9.17, 15) is 0 Å². The molecule has 0 aliphatic heterocycles. The Labute approximate surface area is 122 Å². The molecule has 19 heavy (non-hydrogen) atoms. The zero-order valence-corrected chi connectivity index (χ0v) is 12.3. The second-order valence-electron chi connectivity index (χ2n) is 4.04. The van der Waals surface area contributed by atoms with Gasteiger partial charge in [0.15, 0.2) is 0 Å². The molecular formula is C13H11BrN4S. The highest BCUT2D eigenvalue weighted by atomic mass is 79.9. The molecule has 0 radical (unpaired) electrons. The van der Waals surface area contributed by atoms with Crippen LogP contribution in [0.3, 0.4) is 0 Å². The third-order valence-corrected chi connectivity index (χ3v) is 4.84. The number of halogens is 1. The molecule has 0 aliphatic carbocycles. The fraction of sp³-hybridized carbons (Fsp3) is 0.0769. The normalized spacial score (nSPS) is 12.7. The average molecular weight is 335 g/mol. The van der Waals surface area contributed by atoms with Gasteiger partial charge in [-0.1, -0.05) is 6.07 Å². The number of thiophene rings is 1. The van der Waals surface area contributed by atoms with Gasteiger partial charge in [0.25, 0.3) is 0 Å². The Bertz CT molecular complexity index is 712. The van der Waals surface area contributed by atoms with E-state index in [1.54, 1.807) is 23.7 Å². The van der Waals surface area contributed by atoms with Crippen LogP contribution in [0.25, 0.3) is 11.0 Å². The molecule has 1 unspecified atom stereocenters. The number of nitrogens with two attached hydrogens (primary N) is 1. The van der Waals surface area contributed by atoms with Gasteiger partial charge >= 0.3 is 0 Å². The van der Waals surface area contributed by atoms with Crippen LogP contribution in [0.2, 0.25) is 0 Å². The van der Waals surface area contributed by atoms with E-state index in [4.69, 9.17) is 5.84 Å². The van der Waals surface area contributed by atoms with Crippen LogP contribution < -0.4 is 11.3 Å². The lowest BCUT2D eigenvalue weighted by Gasteiger charge is -2.15. The van der Waals surface area contributed by atoms with Gasteiger partial charge in [-0.15, -0.1) is 11.3 Å². The molecule has 2 aromatic heterocycles. The molecule has 0 bridgehead atoms. The van der Waals surface area contributed by atoms with Gasteiger partial charge in [0.05, 0.1) is 17.1 Å². The summed E-state index contributed by atoms with van der Waals surface area (Å²) in [7, 11) is 0. The molecule has 0 saturated carbocycles. The molecular weight excluding hydrogens is 324 g/mol. The highest BCUT2D eigenvalue weighted by Gasteiger charge is 2.17. The Morgan fingerprint density at radius 1 is 1.16 bits per heavy atom. The van der Waals surface area contributed by atoms with Crippen molar-refractivity contribution in [2.45, 2.75) is 6.04 Å². The number of hydrazine groups is 1. The lowest BCUT2D eigenvalue weighted by atomic mass is 10.1. The maximum absolute atomic E-state index is 5.71. The Kier molecular flexibility index (Phi) is 3.56. The Balaban J connectivity index is 2.09. The zero-order chi connectivity index (χ0) is 13.2. The second kappa shape index (κ2) is 5.34. The molecule has 3 aromatic rings. The number of hydrogen-bond acceptors (Lipinski definition) is 5. The first-order valence-corrected chi connectivity index (χ1v) is 7.36. The van der Waals surface area contributed by atoms with Gasteiger partial charge in [-0.05, 0) is 45.1 Å². The molecule has 4 nitrogen and oxygen atoms in total. The van der Waals surface area contributed by atoms with Gasteiger partial charge in [0.1, 0.15) is 0 Å². The molecule has 96 valence electrons. The van der Waals surface area contributed by atoms with Crippen molar-refractivity contribution in [2.75, 3.05) is 0 Å². The van der Waals surface area contributed by atoms with Crippen LogP contribution >= 0.6 is 27.3 Å². The van der Waals surface area contributed by atoms with Crippen molar-refractivity contribution in [1.82, 2.24) is 15.4 Å². The highest BCUT2D eigenvalue weighted by Crippen LogP contribution is 2.33. The minimum absolute atomic E-state index is 0.0548. The van der Waals surface area contributed by atoms with Crippen molar-refractivity contribution >= 4 is 38.3 Å². The number of nitrogens with zero attached hydrogens (tertiary/aromatic N) is 2. The van der Waals surface area contributed by atoms with Gasteiger partial charge in [0, 0.05) is 21.7 Å². The van der Waals surface area contributed by atoms with E-state index >= 15 is 0 Å². The van der Waals surface area contributed by atoms with Gasteiger partial charge in [0.2, 0.25) is 0 Å². The molecule has 3 N–H and O–H groups in total. The van der Waals surface area contributed by atoms with Crippen molar-refractivity contribution in [3.63, 3.8) is 0 Å². The largest absolute Gasteiger partial charge is 0.271 e. The molecule has 2 heterocycles. The maximum atomic E-state index is 5.71. The van der Waals surface area contributed by atoms with Crippen molar-refractivity contribution in [3.8, 4) is 0 Å². The monoisotopic (exact) mass is 334 g/mol. The predicted octanol–water partition coefficient (Wildman–Crippen LogP) is 3.01. The fourth-order valence-corrected chi connectivity index (χ4v) is 3.68. The van der Waals surface area contributed by atoms with Crippen molar-refractivity contribution < 1.29 is 0 Å². The van der Waals surface area contributed by atoms with Crippen molar-refractivity contribution in [1.29, 1.82) is 0 Å². The first-order valence-electron chi connectivity index (χ1n) is 5.69. The Morgan fingerprint density at radius 3 is 2.63 bits per heavy atom. The van der Waals surface area contributed by atoms with E-state index in [0.717, 1.165) is 25.9 Å². The van der Waals surface area contributed by atoms with E-state index in [1.807, 2.05) is 29.6 Å². The van der Waals surface area contributed by atoms with E-state index in [2.05, 4.69) is 31.3 Å². The minimum atomic E-state index is -0.0548. The molecule has 0 fully saturated rings. The first-order chi connectivity index (χ1) is 9.29. The molecule has 3 rings (SSSR count). The summed E-state index contributed by atoms with van der Waals surface area (Å²) in [6.45, 7) is 0. The number of aromatic nitrogens is 2. The highest BCUT2D eigenvalue weighted by molar-refractivity contribution is 9.10. The number of hydrogen-bond donors (Lipinski definition) is 2. The summed E-state index contributed by atoms with van der Waals surface area (Å²) in [6, 6.07) is 7.96. The third-order valence-electron chi connectivity index (χ3n) is 2.90. The zero-order valence-electron chi connectivity index (χ0n) is 9.88. The molecule has 6 heteroatoms. The van der Waals surface area contributed by atoms with E-state index < -0.39 is 0 Å². The SMILES string of the molecule is NNC(c1ccc2nccnc2c1)c1sccc1Br. The molecule has 0 aliphatic rings.